The van der Waals surface area contributed by atoms with Crippen LogP contribution in [-0.4, -0.2) is 25.5 Å². The first-order valence-corrected chi connectivity index (χ1v) is 4.61. The molecular formula is C9H7ClN4O. The lowest BCUT2D eigenvalue weighted by molar-refractivity contribution is 0.0972. The van der Waals surface area contributed by atoms with Gasteiger partial charge in [0.05, 0.1) is 12.1 Å². The molecule has 2 heterocycles. The molecule has 0 spiro atoms. The predicted molar refractivity (Wildman–Crippen MR) is 53.6 cm³/mol. The molecular weight excluding hydrogens is 216 g/mol. The lowest BCUT2D eigenvalue weighted by atomic mass is 10.2. The standard InChI is InChI=1S/C9H7ClN4O/c10-9-7(2-1-3-11-9)8(15)4-14-5-12-13-6-14/h1-3,5-6H,4H2. The summed E-state index contributed by atoms with van der Waals surface area (Å²) < 4.78 is 1.58. The fourth-order valence-corrected chi connectivity index (χ4v) is 1.37. The second kappa shape index (κ2) is 4.18. The summed E-state index contributed by atoms with van der Waals surface area (Å²) in [6.07, 6.45) is 4.49. The zero-order valence-corrected chi connectivity index (χ0v) is 8.42. The van der Waals surface area contributed by atoms with Gasteiger partial charge in [-0.15, -0.1) is 10.2 Å². The molecule has 2 aromatic rings. The van der Waals surface area contributed by atoms with Crippen LogP contribution in [-0.2, 0) is 6.54 Å². The Morgan fingerprint density at radius 3 is 2.80 bits per heavy atom. The summed E-state index contributed by atoms with van der Waals surface area (Å²) in [4.78, 5) is 15.6. The van der Waals surface area contributed by atoms with Gasteiger partial charge in [-0.1, -0.05) is 11.6 Å². The maximum Gasteiger partial charge on any atom is 0.185 e. The number of carbonyl (C=O) groups excluding carboxylic acids is 1. The number of nitrogens with zero attached hydrogens (tertiary/aromatic N) is 4. The molecule has 0 saturated heterocycles. The molecule has 0 bridgehead atoms. The van der Waals surface area contributed by atoms with Crippen LogP contribution < -0.4 is 0 Å². The Morgan fingerprint density at radius 1 is 1.40 bits per heavy atom. The van der Waals surface area contributed by atoms with Crippen molar-refractivity contribution in [1.29, 1.82) is 0 Å². The SMILES string of the molecule is O=C(Cn1cnnc1)c1cccnc1Cl. The summed E-state index contributed by atoms with van der Waals surface area (Å²) in [6, 6.07) is 3.31. The second-order valence-corrected chi connectivity index (χ2v) is 3.26. The summed E-state index contributed by atoms with van der Waals surface area (Å²) >= 11 is 5.79. The number of Topliss-reactive ketones (excluding diaryl/α,β-unsaturated/α-hetero) is 1. The maximum absolute atomic E-state index is 11.7. The average Bonchev–Trinajstić information content (AvgIpc) is 2.71. The third kappa shape index (κ3) is 2.19. The van der Waals surface area contributed by atoms with Crippen molar-refractivity contribution in [3.63, 3.8) is 0 Å². The number of hydrogen-bond donors (Lipinski definition) is 0. The van der Waals surface area contributed by atoms with Crippen molar-refractivity contribution in [2.45, 2.75) is 6.54 Å². The second-order valence-electron chi connectivity index (χ2n) is 2.90. The number of hydrogen-bond acceptors (Lipinski definition) is 4. The summed E-state index contributed by atoms with van der Waals surface area (Å²) in [5.41, 5.74) is 0.410. The van der Waals surface area contributed by atoms with Gasteiger partial charge in [-0.3, -0.25) is 4.79 Å². The van der Waals surface area contributed by atoms with E-state index in [4.69, 9.17) is 11.6 Å². The van der Waals surface area contributed by atoms with Crippen LogP contribution in [0.5, 0.6) is 0 Å². The van der Waals surface area contributed by atoms with E-state index in [2.05, 4.69) is 15.2 Å². The zero-order valence-electron chi connectivity index (χ0n) is 7.67. The molecule has 0 aromatic carbocycles. The molecule has 0 amide bonds. The largest absolute Gasteiger partial charge is 0.312 e. The molecule has 2 aromatic heterocycles. The zero-order chi connectivity index (χ0) is 10.7. The Kier molecular flexibility index (Phi) is 2.73. The fraction of sp³-hybridized carbons (Fsp3) is 0.111. The van der Waals surface area contributed by atoms with Crippen LogP contribution in [0.2, 0.25) is 5.15 Å². The minimum absolute atomic E-state index is 0.118. The van der Waals surface area contributed by atoms with Gasteiger partial charge < -0.3 is 4.57 Å². The molecule has 0 aliphatic heterocycles. The van der Waals surface area contributed by atoms with E-state index >= 15 is 0 Å². The smallest absolute Gasteiger partial charge is 0.185 e. The molecule has 0 aliphatic rings. The van der Waals surface area contributed by atoms with E-state index in [0.29, 0.717) is 5.56 Å². The monoisotopic (exact) mass is 222 g/mol. The molecule has 0 saturated carbocycles. The third-order valence-electron chi connectivity index (χ3n) is 1.85. The van der Waals surface area contributed by atoms with Crippen LogP contribution in [0.25, 0.3) is 0 Å². The Balaban J connectivity index is 2.19. The van der Waals surface area contributed by atoms with E-state index in [-0.39, 0.29) is 17.5 Å². The quantitative estimate of drug-likeness (QED) is 0.579. The summed E-state index contributed by atoms with van der Waals surface area (Å²) in [5, 5.41) is 7.43. The highest BCUT2D eigenvalue weighted by atomic mass is 35.5. The van der Waals surface area contributed by atoms with Crippen LogP contribution in [0.4, 0.5) is 0 Å². The van der Waals surface area contributed by atoms with Gasteiger partial charge in [0.2, 0.25) is 0 Å². The van der Waals surface area contributed by atoms with E-state index in [1.54, 1.807) is 16.7 Å². The molecule has 76 valence electrons. The number of carbonyl (C=O) groups is 1. The van der Waals surface area contributed by atoms with E-state index in [9.17, 15) is 4.79 Å². The van der Waals surface area contributed by atoms with Gasteiger partial charge in [-0.2, -0.15) is 0 Å². The Morgan fingerprint density at radius 2 is 2.13 bits per heavy atom. The number of aromatic nitrogens is 4. The maximum atomic E-state index is 11.7. The van der Waals surface area contributed by atoms with Gasteiger partial charge in [-0.05, 0) is 12.1 Å². The molecule has 6 heteroatoms. The summed E-state index contributed by atoms with van der Waals surface area (Å²) in [5.74, 6) is -0.118. The normalized spacial score (nSPS) is 10.2. The lowest BCUT2D eigenvalue weighted by Crippen LogP contribution is -2.09. The predicted octanol–water partition coefficient (Wildman–Crippen LogP) is 1.21. The molecule has 0 fully saturated rings. The molecule has 0 radical (unpaired) electrons. The first-order valence-electron chi connectivity index (χ1n) is 4.23. The number of halogens is 1. The molecule has 0 N–H and O–H groups in total. The van der Waals surface area contributed by atoms with Crippen molar-refractivity contribution in [2.24, 2.45) is 0 Å². The Hall–Kier alpha value is -1.75. The van der Waals surface area contributed by atoms with Crippen LogP contribution in [0, 0.1) is 0 Å². The first kappa shape index (κ1) is 9.79. The highest BCUT2D eigenvalue weighted by molar-refractivity contribution is 6.32. The highest BCUT2D eigenvalue weighted by Crippen LogP contribution is 2.12. The summed E-state index contributed by atoms with van der Waals surface area (Å²) in [6.45, 7) is 0.165. The molecule has 2 rings (SSSR count). The van der Waals surface area contributed by atoms with Gasteiger partial charge in [0, 0.05) is 6.20 Å². The van der Waals surface area contributed by atoms with Gasteiger partial charge in [0.25, 0.3) is 0 Å². The van der Waals surface area contributed by atoms with Crippen molar-refractivity contribution in [2.75, 3.05) is 0 Å². The molecule has 0 unspecified atom stereocenters. The van der Waals surface area contributed by atoms with Crippen molar-refractivity contribution < 1.29 is 4.79 Å². The van der Waals surface area contributed by atoms with Crippen molar-refractivity contribution in [3.8, 4) is 0 Å². The average molecular weight is 223 g/mol. The highest BCUT2D eigenvalue weighted by Gasteiger charge is 2.10. The molecule has 0 aliphatic carbocycles. The Bertz CT molecular complexity index is 469. The van der Waals surface area contributed by atoms with Gasteiger partial charge in [-0.25, -0.2) is 4.98 Å². The lowest BCUT2D eigenvalue weighted by Gasteiger charge is -2.02. The minimum atomic E-state index is -0.118. The molecule has 0 atom stereocenters. The van der Waals surface area contributed by atoms with E-state index in [0.717, 1.165) is 0 Å². The molecule has 5 nitrogen and oxygen atoms in total. The third-order valence-corrected chi connectivity index (χ3v) is 2.15. The van der Waals surface area contributed by atoms with Gasteiger partial charge in [0.1, 0.15) is 17.8 Å². The number of rotatable bonds is 3. The van der Waals surface area contributed by atoms with Crippen molar-refractivity contribution in [3.05, 3.63) is 41.7 Å². The minimum Gasteiger partial charge on any atom is -0.312 e. The van der Waals surface area contributed by atoms with Crippen LogP contribution >= 0.6 is 11.6 Å². The number of pyridine rings is 1. The van der Waals surface area contributed by atoms with Crippen molar-refractivity contribution in [1.82, 2.24) is 19.7 Å². The van der Waals surface area contributed by atoms with E-state index in [1.807, 2.05) is 0 Å². The van der Waals surface area contributed by atoms with Gasteiger partial charge >= 0.3 is 0 Å². The van der Waals surface area contributed by atoms with Crippen LogP contribution in [0.15, 0.2) is 31.0 Å². The topological polar surface area (TPSA) is 60.7 Å². The first-order chi connectivity index (χ1) is 7.27. The number of ketones is 1. The van der Waals surface area contributed by atoms with E-state index in [1.165, 1.54) is 18.9 Å². The Labute approximate surface area is 90.7 Å². The van der Waals surface area contributed by atoms with E-state index < -0.39 is 0 Å². The fourth-order valence-electron chi connectivity index (χ4n) is 1.15. The van der Waals surface area contributed by atoms with Crippen molar-refractivity contribution >= 4 is 17.4 Å². The molecule has 15 heavy (non-hydrogen) atoms. The summed E-state index contributed by atoms with van der Waals surface area (Å²) in [7, 11) is 0. The van der Waals surface area contributed by atoms with Crippen LogP contribution in [0.1, 0.15) is 10.4 Å². The van der Waals surface area contributed by atoms with Gasteiger partial charge in [0.15, 0.2) is 5.78 Å². The van der Waals surface area contributed by atoms with Crippen LogP contribution in [0.3, 0.4) is 0 Å².